The monoisotopic (exact) mass is 274 g/mol. The third-order valence-electron chi connectivity index (χ3n) is 2.80. The number of hydrogen-bond acceptors (Lipinski definition) is 3. The van der Waals surface area contributed by atoms with E-state index >= 15 is 0 Å². The zero-order valence-electron chi connectivity index (χ0n) is 9.75. The van der Waals surface area contributed by atoms with Crippen LogP contribution in [0.25, 0.3) is 0 Å². The SMILES string of the molecule is CN1CCOC(CNc2ccc(Cl)c(Cl)c2)C1. The standard InChI is InChI=1S/C12H16Cl2N2O/c1-16-4-5-17-10(8-16)7-15-9-2-3-11(13)12(14)6-9/h2-3,6,10,15H,4-5,7-8H2,1H3. The van der Waals surface area contributed by atoms with E-state index in [2.05, 4.69) is 17.3 Å². The van der Waals surface area contributed by atoms with Crippen molar-refractivity contribution >= 4 is 28.9 Å². The first-order valence-electron chi connectivity index (χ1n) is 5.64. The molecule has 2 rings (SSSR count). The van der Waals surface area contributed by atoms with E-state index in [0.29, 0.717) is 10.0 Å². The van der Waals surface area contributed by atoms with Crippen molar-refractivity contribution in [1.29, 1.82) is 0 Å². The van der Waals surface area contributed by atoms with Crippen LogP contribution >= 0.6 is 23.2 Å². The molecule has 1 aromatic carbocycles. The second-order valence-corrected chi connectivity index (χ2v) is 5.08. The highest BCUT2D eigenvalue weighted by molar-refractivity contribution is 6.42. The summed E-state index contributed by atoms with van der Waals surface area (Å²) >= 11 is 11.8. The quantitative estimate of drug-likeness (QED) is 0.918. The number of nitrogens with one attached hydrogen (secondary N) is 1. The Balaban J connectivity index is 1.86. The minimum atomic E-state index is 0.225. The smallest absolute Gasteiger partial charge is 0.0874 e. The number of benzene rings is 1. The molecule has 5 heteroatoms. The van der Waals surface area contributed by atoms with Gasteiger partial charge in [0.2, 0.25) is 0 Å². The van der Waals surface area contributed by atoms with Crippen molar-refractivity contribution in [3.05, 3.63) is 28.2 Å². The predicted octanol–water partition coefficient (Wildman–Crippen LogP) is 2.74. The van der Waals surface area contributed by atoms with E-state index in [9.17, 15) is 0 Å². The van der Waals surface area contributed by atoms with Crippen LogP contribution in [0.3, 0.4) is 0 Å². The fourth-order valence-corrected chi connectivity index (χ4v) is 2.13. The second kappa shape index (κ2) is 5.91. The van der Waals surface area contributed by atoms with Crippen LogP contribution in [0.15, 0.2) is 18.2 Å². The summed E-state index contributed by atoms with van der Waals surface area (Å²) < 4.78 is 5.66. The van der Waals surface area contributed by atoms with Gasteiger partial charge in [-0.2, -0.15) is 0 Å². The third kappa shape index (κ3) is 3.75. The zero-order valence-corrected chi connectivity index (χ0v) is 11.3. The summed E-state index contributed by atoms with van der Waals surface area (Å²) in [5.74, 6) is 0. The number of anilines is 1. The van der Waals surface area contributed by atoms with Gasteiger partial charge >= 0.3 is 0 Å². The number of hydrogen-bond donors (Lipinski definition) is 1. The van der Waals surface area contributed by atoms with Gasteiger partial charge in [0.1, 0.15) is 0 Å². The van der Waals surface area contributed by atoms with E-state index in [-0.39, 0.29) is 6.10 Å². The maximum absolute atomic E-state index is 5.95. The molecule has 1 saturated heterocycles. The summed E-state index contributed by atoms with van der Waals surface area (Å²) in [7, 11) is 2.11. The van der Waals surface area contributed by atoms with Gasteiger partial charge in [-0.25, -0.2) is 0 Å². The Hall–Kier alpha value is -0.480. The second-order valence-electron chi connectivity index (χ2n) is 4.26. The molecule has 0 aliphatic carbocycles. The molecule has 0 amide bonds. The predicted molar refractivity (Wildman–Crippen MR) is 72.2 cm³/mol. The molecule has 3 nitrogen and oxygen atoms in total. The van der Waals surface area contributed by atoms with Gasteiger partial charge in [0.25, 0.3) is 0 Å². The first-order chi connectivity index (χ1) is 8.15. The number of ether oxygens (including phenoxy) is 1. The number of morpholine rings is 1. The first-order valence-corrected chi connectivity index (χ1v) is 6.40. The van der Waals surface area contributed by atoms with Crippen LogP contribution in [-0.2, 0) is 4.74 Å². The van der Waals surface area contributed by atoms with Crippen LogP contribution in [0.5, 0.6) is 0 Å². The van der Waals surface area contributed by atoms with Crippen molar-refractivity contribution in [3.8, 4) is 0 Å². The van der Waals surface area contributed by atoms with Crippen molar-refractivity contribution in [2.45, 2.75) is 6.10 Å². The molecule has 1 heterocycles. The lowest BCUT2D eigenvalue weighted by Crippen LogP contribution is -2.43. The first kappa shape index (κ1) is 13.0. The lowest BCUT2D eigenvalue weighted by atomic mass is 10.2. The number of nitrogens with zero attached hydrogens (tertiary/aromatic N) is 1. The van der Waals surface area contributed by atoms with E-state index in [1.54, 1.807) is 6.07 Å². The third-order valence-corrected chi connectivity index (χ3v) is 3.53. The molecule has 1 aliphatic heterocycles. The van der Waals surface area contributed by atoms with Crippen LogP contribution in [0.1, 0.15) is 0 Å². The fourth-order valence-electron chi connectivity index (χ4n) is 1.83. The molecule has 1 fully saturated rings. The van der Waals surface area contributed by atoms with Crippen molar-refractivity contribution in [2.75, 3.05) is 38.6 Å². The minimum absolute atomic E-state index is 0.225. The van der Waals surface area contributed by atoms with Crippen LogP contribution < -0.4 is 5.32 Å². The normalized spacial score (nSPS) is 21.5. The summed E-state index contributed by atoms with van der Waals surface area (Å²) in [6.45, 7) is 3.53. The minimum Gasteiger partial charge on any atom is -0.382 e. The molecule has 1 N–H and O–H groups in total. The molecule has 1 atom stereocenters. The van der Waals surface area contributed by atoms with Crippen LogP contribution in [0, 0.1) is 0 Å². The highest BCUT2D eigenvalue weighted by Gasteiger charge is 2.17. The summed E-state index contributed by atoms with van der Waals surface area (Å²) in [6, 6.07) is 5.54. The molecule has 0 bridgehead atoms. The molecular weight excluding hydrogens is 259 g/mol. The molecule has 17 heavy (non-hydrogen) atoms. The average molecular weight is 275 g/mol. The van der Waals surface area contributed by atoms with E-state index < -0.39 is 0 Å². The summed E-state index contributed by atoms with van der Waals surface area (Å²) in [4.78, 5) is 2.27. The average Bonchev–Trinajstić information content (AvgIpc) is 2.31. The number of rotatable bonds is 3. The lowest BCUT2D eigenvalue weighted by molar-refractivity contribution is -0.0117. The van der Waals surface area contributed by atoms with Gasteiger partial charge in [-0.3, -0.25) is 0 Å². The van der Waals surface area contributed by atoms with E-state index in [0.717, 1.165) is 31.9 Å². The van der Waals surface area contributed by atoms with Gasteiger partial charge in [-0.05, 0) is 25.2 Å². The fraction of sp³-hybridized carbons (Fsp3) is 0.500. The highest BCUT2D eigenvalue weighted by Crippen LogP contribution is 2.25. The summed E-state index contributed by atoms with van der Waals surface area (Å²) in [6.07, 6.45) is 0.225. The van der Waals surface area contributed by atoms with Gasteiger partial charge in [-0.1, -0.05) is 23.2 Å². The molecule has 1 aliphatic rings. The van der Waals surface area contributed by atoms with Gasteiger partial charge < -0.3 is 15.0 Å². The topological polar surface area (TPSA) is 24.5 Å². The molecule has 94 valence electrons. The van der Waals surface area contributed by atoms with Crippen LogP contribution in [0.4, 0.5) is 5.69 Å². The molecule has 0 saturated carbocycles. The van der Waals surface area contributed by atoms with Crippen LogP contribution in [0.2, 0.25) is 10.0 Å². The maximum Gasteiger partial charge on any atom is 0.0874 e. The van der Waals surface area contributed by atoms with Gasteiger partial charge in [0.05, 0.1) is 22.8 Å². The molecule has 1 aromatic rings. The van der Waals surface area contributed by atoms with Crippen molar-refractivity contribution in [3.63, 3.8) is 0 Å². The number of likely N-dealkylation sites (N-methyl/N-ethyl adjacent to an activating group) is 1. The van der Waals surface area contributed by atoms with Gasteiger partial charge in [-0.15, -0.1) is 0 Å². The van der Waals surface area contributed by atoms with E-state index in [1.807, 2.05) is 12.1 Å². The Morgan fingerprint density at radius 3 is 2.94 bits per heavy atom. The van der Waals surface area contributed by atoms with Crippen molar-refractivity contribution in [1.82, 2.24) is 4.90 Å². The summed E-state index contributed by atoms with van der Waals surface area (Å²) in [5, 5.41) is 4.45. The maximum atomic E-state index is 5.95. The van der Waals surface area contributed by atoms with Gasteiger partial charge in [0, 0.05) is 25.3 Å². The Morgan fingerprint density at radius 2 is 2.24 bits per heavy atom. The Morgan fingerprint density at radius 1 is 1.41 bits per heavy atom. The zero-order chi connectivity index (χ0) is 12.3. The highest BCUT2D eigenvalue weighted by atomic mass is 35.5. The molecule has 0 aromatic heterocycles. The number of halogens is 2. The van der Waals surface area contributed by atoms with E-state index in [1.165, 1.54) is 0 Å². The Kier molecular flexibility index (Phi) is 4.51. The molecule has 0 spiro atoms. The van der Waals surface area contributed by atoms with Crippen LogP contribution in [-0.4, -0.2) is 44.3 Å². The van der Waals surface area contributed by atoms with Gasteiger partial charge in [0.15, 0.2) is 0 Å². The van der Waals surface area contributed by atoms with Crippen molar-refractivity contribution < 1.29 is 4.74 Å². The molecule has 0 radical (unpaired) electrons. The lowest BCUT2D eigenvalue weighted by Gasteiger charge is -2.30. The Labute approximate surface area is 112 Å². The largest absolute Gasteiger partial charge is 0.382 e. The Bertz CT molecular complexity index is 387. The molecular formula is C12H16Cl2N2O. The molecule has 1 unspecified atom stereocenters. The van der Waals surface area contributed by atoms with E-state index in [4.69, 9.17) is 27.9 Å². The van der Waals surface area contributed by atoms with Crippen molar-refractivity contribution in [2.24, 2.45) is 0 Å². The summed E-state index contributed by atoms with van der Waals surface area (Å²) in [5.41, 5.74) is 0.969.